The first kappa shape index (κ1) is 24.0. The number of methoxy groups -OCH3 is 2. The van der Waals surface area contributed by atoms with Crippen molar-refractivity contribution in [3.05, 3.63) is 53.3 Å². The van der Waals surface area contributed by atoms with Gasteiger partial charge in [0, 0.05) is 57.2 Å². The van der Waals surface area contributed by atoms with Gasteiger partial charge in [-0.1, -0.05) is 6.07 Å². The summed E-state index contributed by atoms with van der Waals surface area (Å²) < 4.78 is 16.7. The molecule has 1 N–H and O–H groups in total. The molecule has 0 bridgehead atoms. The van der Waals surface area contributed by atoms with Gasteiger partial charge in [0.15, 0.2) is 0 Å². The Morgan fingerprint density at radius 2 is 2.00 bits per heavy atom. The molecule has 1 aromatic carbocycles. The molecule has 0 radical (unpaired) electrons. The predicted octanol–water partition coefficient (Wildman–Crippen LogP) is 3.25. The van der Waals surface area contributed by atoms with Crippen LogP contribution in [0, 0.1) is 6.92 Å². The summed E-state index contributed by atoms with van der Waals surface area (Å²) in [5.74, 6) is 1.07. The highest BCUT2D eigenvalue weighted by Crippen LogP contribution is 2.28. The Balaban J connectivity index is 1.57. The number of pyridine rings is 1. The van der Waals surface area contributed by atoms with Crippen LogP contribution in [0.1, 0.15) is 41.4 Å². The molecule has 1 aromatic heterocycles. The molecule has 174 valence electrons. The maximum atomic E-state index is 12.6. The number of piperidine rings is 1. The summed E-state index contributed by atoms with van der Waals surface area (Å²) in [4.78, 5) is 19.7. The van der Waals surface area contributed by atoms with Crippen molar-refractivity contribution in [2.24, 2.45) is 0 Å². The van der Waals surface area contributed by atoms with Gasteiger partial charge in [-0.25, -0.2) is 0 Å². The van der Waals surface area contributed by atoms with Crippen LogP contribution in [0.15, 0.2) is 36.5 Å². The van der Waals surface area contributed by atoms with Gasteiger partial charge < -0.3 is 19.5 Å². The first-order valence-electron chi connectivity index (χ1n) is 11.3. The minimum Gasteiger partial charge on any atom is -0.497 e. The van der Waals surface area contributed by atoms with Crippen LogP contribution in [0.2, 0.25) is 0 Å². The molecule has 1 fully saturated rings. The van der Waals surface area contributed by atoms with Crippen LogP contribution < -0.4 is 14.8 Å². The minimum absolute atomic E-state index is 0.0635. The van der Waals surface area contributed by atoms with E-state index in [4.69, 9.17) is 14.2 Å². The Morgan fingerprint density at radius 1 is 1.22 bits per heavy atom. The van der Waals surface area contributed by atoms with Gasteiger partial charge >= 0.3 is 0 Å². The second kappa shape index (κ2) is 11.8. The van der Waals surface area contributed by atoms with Crippen LogP contribution in [-0.2, 0) is 11.2 Å². The lowest BCUT2D eigenvalue weighted by Gasteiger charge is -2.36. The number of carbonyl (C=O) groups is 1. The number of benzene rings is 1. The van der Waals surface area contributed by atoms with Gasteiger partial charge in [-0.05, 0) is 50.5 Å². The summed E-state index contributed by atoms with van der Waals surface area (Å²) in [6.07, 6.45) is 4.75. The second-order valence-corrected chi connectivity index (χ2v) is 8.34. The molecule has 0 saturated carbocycles. The third-order valence-electron chi connectivity index (χ3n) is 5.90. The summed E-state index contributed by atoms with van der Waals surface area (Å²) in [6, 6.07) is 9.98. The summed E-state index contributed by atoms with van der Waals surface area (Å²) >= 11 is 0. The van der Waals surface area contributed by atoms with E-state index in [1.807, 2.05) is 6.20 Å². The summed E-state index contributed by atoms with van der Waals surface area (Å²) in [5.41, 5.74) is 2.83. The molecule has 1 aliphatic rings. The Morgan fingerprint density at radius 3 is 2.66 bits per heavy atom. The third kappa shape index (κ3) is 6.68. The third-order valence-corrected chi connectivity index (χ3v) is 5.90. The molecule has 0 aliphatic carbocycles. The van der Waals surface area contributed by atoms with Gasteiger partial charge in [-0.2, -0.15) is 0 Å². The number of hydrogen-bond donors (Lipinski definition) is 1. The van der Waals surface area contributed by atoms with Crippen molar-refractivity contribution in [2.45, 2.75) is 45.3 Å². The molecule has 0 spiro atoms. The molecule has 0 unspecified atom stereocenters. The monoisotopic (exact) mass is 441 g/mol. The highest BCUT2D eigenvalue weighted by Gasteiger charge is 2.25. The Labute approximate surface area is 191 Å². The van der Waals surface area contributed by atoms with Crippen molar-refractivity contribution in [2.75, 3.05) is 40.5 Å². The number of likely N-dealkylation sites (tertiary alicyclic amines) is 1. The van der Waals surface area contributed by atoms with Crippen LogP contribution in [-0.4, -0.2) is 68.4 Å². The molecule has 3 rings (SSSR count). The van der Waals surface area contributed by atoms with E-state index in [-0.39, 0.29) is 12.0 Å². The quantitative estimate of drug-likeness (QED) is 0.571. The zero-order valence-corrected chi connectivity index (χ0v) is 19.6. The number of nitrogens with zero attached hydrogens (tertiary/aromatic N) is 2. The second-order valence-electron chi connectivity index (χ2n) is 8.34. The first-order valence-corrected chi connectivity index (χ1v) is 11.3. The van der Waals surface area contributed by atoms with Gasteiger partial charge in [0.2, 0.25) is 0 Å². The lowest BCUT2D eigenvalue weighted by molar-refractivity contribution is 0.0772. The van der Waals surface area contributed by atoms with Crippen molar-refractivity contribution in [1.82, 2.24) is 15.2 Å². The molecule has 2 aromatic rings. The van der Waals surface area contributed by atoms with Crippen LogP contribution in [0.5, 0.6) is 11.5 Å². The first-order chi connectivity index (χ1) is 15.5. The average Bonchev–Trinajstić information content (AvgIpc) is 2.81. The summed E-state index contributed by atoms with van der Waals surface area (Å²) in [5, 5.41) is 2.86. The van der Waals surface area contributed by atoms with Crippen LogP contribution >= 0.6 is 0 Å². The van der Waals surface area contributed by atoms with E-state index in [2.05, 4.69) is 41.2 Å². The number of aryl methyl sites for hydroxylation is 1. The molecule has 1 saturated heterocycles. The predicted molar refractivity (Wildman–Crippen MR) is 125 cm³/mol. The van der Waals surface area contributed by atoms with Crippen molar-refractivity contribution in [1.29, 1.82) is 0 Å². The van der Waals surface area contributed by atoms with Crippen molar-refractivity contribution < 1.29 is 19.0 Å². The Bertz CT molecular complexity index is 864. The fourth-order valence-electron chi connectivity index (χ4n) is 3.94. The smallest absolute Gasteiger partial charge is 0.255 e. The average molecular weight is 442 g/mol. The summed E-state index contributed by atoms with van der Waals surface area (Å²) in [7, 11) is 3.22. The van der Waals surface area contributed by atoms with E-state index in [1.54, 1.807) is 32.4 Å². The van der Waals surface area contributed by atoms with Crippen molar-refractivity contribution in [3.8, 4) is 11.5 Å². The van der Waals surface area contributed by atoms with Gasteiger partial charge in [0.25, 0.3) is 5.91 Å². The fourth-order valence-corrected chi connectivity index (χ4v) is 3.94. The SMILES string of the molecule is COCCNC(=O)c1ccc(OC)cc1OC1CCN([C@H](C)Cc2ccc(C)cn2)CC1. The summed E-state index contributed by atoms with van der Waals surface area (Å²) in [6.45, 7) is 7.14. The van der Waals surface area contributed by atoms with E-state index in [0.717, 1.165) is 38.0 Å². The highest BCUT2D eigenvalue weighted by atomic mass is 16.5. The molecule has 1 amide bonds. The molecule has 7 heteroatoms. The van der Waals surface area contributed by atoms with Gasteiger partial charge in [-0.3, -0.25) is 14.7 Å². The van der Waals surface area contributed by atoms with Crippen LogP contribution in [0.4, 0.5) is 0 Å². The van der Waals surface area contributed by atoms with E-state index in [9.17, 15) is 4.79 Å². The molecule has 1 atom stereocenters. The van der Waals surface area contributed by atoms with Gasteiger partial charge in [0.05, 0.1) is 19.3 Å². The number of nitrogens with one attached hydrogen (secondary N) is 1. The Hall–Kier alpha value is -2.64. The highest BCUT2D eigenvalue weighted by molar-refractivity contribution is 5.97. The zero-order valence-electron chi connectivity index (χ0n) is 19.6. The number of amides is 1. The van der Waals surface area contributed by atoms with Crippen molar-refractivity contribution in [3.63, 3.8) is 0 Å². The molecule has 32 heavy (non-hydrogen) atoms. The molecule has 2 heterocycles. The Kier molecular flexibility index (Phi) is 8.88. The number of rotatable bonds is 10. The normalized spacial score (nSPS) is 15.9. The van der Waals surface area contributed by atoms with E-state index in [0.29, 0.717) is 36.3 Å². The topological polar surface area (TPSA) is 72.9 Å². The molecule has 7 nitrogen and oxygen atoms in total. The fraction of sp³-hybridized carbons (Fsp3) is 0.520. The van der Waals surface area contributed by atoms with Crippen LogP contribution in [0.25, 0.3) is 0 Å². The lowest BCUT2D eigenvalue weighted by Crippen LogP contribution is -2.44. The molecular formula is C25H35N3O4. The standard InChI is InChI=1S/C25H35N3O4/c1-18-5-6-20(27-17-18)15-19(2)28-12-9-21(10-13-28)32-24-16-22(31-4)7-8-23(24)25(29)26-11-14-30-3/h5-8,16-17,19,21H,9-15H2,1-4H3,(H,26,29)/t19-/m1/s1. The maximum Gasteiger partial charge on any atom is 0.255 e. The maximum absolute atomic E-state index is 12.6. The van der Waals surface area contributed by atoms with E-state index < -0.39 is 0 Å². The van der Waals surface area contributed by atoms with E-state index >= 15 is 0 Å². The van der Waals surface area contributed by atoms with Crippen LogP contribution in [0.3, 0.4) is 0 Å². The zero-order chi connectivity index (χ0) is 22.9. The van der Waals surface area contributed by atoms with E-state index in [1.165, 1.54) is 5.56 Å². The number of carbonyl (C=O) groups excluding carboxylic acids is 1. The minimum atomic E-state index is -0.170. The number of aromatic nitrogens is 1. The molecule has 1 aliphatic heterocycles. The number of ether oxygens (including phenoxy) is 3. The largest absolute Gasteiger partial charge is 0.497 e. The lowest BCUT2D eigenvalue weighted by atomic mass is 10.0. The number of hydrogen-bond acceptors (Lipinski definition) is 6. The van der Waals surface area contributed by atoms with Crippen molar-refractivity contribution >= 4 is 5.91 Å². The van der Waals surface area contributed by atoms with Gasteiger partial charge in [0.1, 0.15) is 17.6 Å². The molecular weight excluding hydrogens is 406 g/mol. The van der Waals surface area contributed by atoms with Gasteiger partial charge in [-0.15, -0.1) is 0 Å².